The van der Waals surface area contributed by atoms with Crippen LogP contribution in [0.3, 0.4) is 0 Å². The third-order valence-electron chi connectivity index (χ3n) is 4.03. The number of aliphatic hydroxyl groups excluding tert-OH is 1. The standard InChI is InChI=1S/C19H20F3NO4/c1-27-17-6-5-12(8-16(17)25)7-13(11-24)10-23-18(26)14-3-2-4-15(9-14)19(20,21)22/h2-6,8-9,13,24-25H,7,10-11H2,1H3,(H,23,26). The molecule has 5 nitrogen and oxygen atoms in total. The van der Waals surface area contributed by atoms with Gasteiger partial charge in [0.15, 0.2) is 11.5 Å². The number of hydrogen-bond donors (Lipinski definition) is 3. The van der Waals surface area contributed by atoms with E-state index in [-0.39, 0.29) is 30.4 Å². The SMILES string of the molecule is COc1ccc(CC(CO)CNC(=O)c2cccc(C(F)(F)F)c2)cc1O. The topological polar surface area (TPSA) is 78.8 Å². The monoisotopic (exact) mass is 383 g/mol. The lowest BCUT2D eigenvalue weighted by Crippen LogP contribution is -2.32. The van der Waals surface area contributed by atoms with Crippen LogP contribution < -0.4 is 10.1 Å². The largest absolute Gasteiger partial charge is 0.504 e. The highest BCUT2D eigenvalue weighted by atomic mass is 19.4. The normalized spacial score (nSPS) is 12.5. The maximum absolute atomic E-state index is 12.7. The molecule has 0 fully saturated rings. The van der Waals surface area contributed by atoms with E-state index in [1.54, 1.807) is 12.1 Å². The number of nitrogens with one attached hydrogen (secondary N) is 1. The lowest BCUT2D eigenvalue weighted by atomic mass is 9.99. The summed E-state index contributed by atoms with van der Waals surface area (Å²) in [7, 11) is 1.43. The smallest absolute Gasteiger partial charge is 0.416 e. The molecule has 0 saturated heterocycles. The molecule has 2 rings (SSSR count). The summed E-state index contributed by atoms with van der Waals surface area (Å²) in [6, 6.07) is 8.93. The van der Waals surface area contributed by atoms with Gasteiger partial charge in [-0.15, -0.1) is 0 Å². The summed E-state index contributed by atoms with van der Waals surface area (Å²) in [5, 5.41) is 21.8. The van der Waals surface area contributed by atoms with E-state index in [0.717, 1.165) is 17.7 Å². The lowest BCUT2D eigenvalue weighted by Gasteiger charge is -2.16. The predicted molar refractivity (Wildman–Crippen MR) is 92.7 cm³/mol. The van der Waals surface area contributed by atoms with Gasteiger partial charge in [-0.25, -0.2) is 0 Å². The molecule has 2 aromatic rings. The third-order valence-corrected chi connectivity index (χ3v) is 4.03. The van der Waals surface area contributed by atoms with Gasteiger partial charge in [0.05, 0.1) is 12.7 Å². The molecule has 0 aromatic heterocycles. The first-order chi connectivity index (χ1) is 12.7. The van der Waals surface area contributed by atoms with E-state index in [0.29, 0.717) is 12.2 Å². The number of aromatic hydroxyl groups is 1. The predicted octanol–water partition coefficient (Wildman–Crippen LogP) is 3.00. The van der Waals surface area contributed by atoms with Crippen LogP contribution in [0.15, 0.2) is 42.5 Å². The highest BCUT2D eigenvalue weighted by Gasteiger charge is 2.30. The number of aliphatic hydroxyl groups is 1. The van der Waals surface area contributed by atoms with Gasteiger partial charge in [0, 0.05) is 24.6 Å². The van der Waals surface area contributed by atoms with Crippen molar-refractivity contribution in [1.82, 2.24) is 5.32 Å². The highest BCUT2D eigenvalue weighted by Crippen LogP contribution is 2.29. The lowest BCUT2D eigenvalue weighted by molar-refractivity contribution is -0.137. The number of carbonyl (C=O) groups excluding carboxylic acids is 1. The van der Waals surface area contributed by atoms with Crippen LogP contribution in [-0.4, -0.2) is 36.4 Å². The minimum atomic E-state index is -4.53. The van der Waals surface area contributed by atoms with Crippen LogP contribution in [0, 0.1) is 5.92 Å². The molecule has 1 atom stereocenters. The van der Waals surface area contributed by atoms with E-state index in [9.17, 15) is 28.2 Å². The van der Waals surface area contributed by atoms with Crippen LogP contribution in [0.25, 0.3) is 0 Å². The highest BCUT2D eigenvalue weighted by molar-refractivity contribution is 5.94. The van der Waals surface area contributed by atoms with Gasteiger partial charge in [-0.3, -0.25) is 4.79 Å². The van der Waals surface area contributed by atoms with Crippen molar-refractivity contribution in [2.24, 2.45) is 5.92 Å². The first-order valence-electron chi connectivity index (χ1n) is 8.16. The Morgan fingerprint density at radius 1 is 1.22 bits per heavy atom. The van der Waals surface area contributed by atoms with Crippen molar-refractivity contribution in [1.29, 1.82) is 0 Å². The van der Waals surface area contributed by atoms with Gasteiger partial charge in [-0.2, -0.15) is 13.2 Å². The average molecular weight is 383 g/mol. The number of ether oxygens (including phenoxy) is 1. The van der Waals surface area contributed by atoms with Crippen molar-refractivity contribution in [2.45, 2.75) is 12.6 Å². The van der Waals surface area contributed by atoms with Crippen LogP contribution in [0.4, 0.5) is 13.2 Å². The van der Waals surface area contributed by atoms with Crippen molar-refractivity contribution in [3.63, 3.8) is 0 Å². The molecule has 0 radical (unpaired) electrons. The van der Waals surface area contributed by atoms with Crippen LogP contribution in [0.5, 0.6) is 11.5 Å². The Hall–Kier alpha value is -2.74. The molecule has 1 unspecified atom stereocenters. The van der Waals surface area contributed by atoms with E-state index in [4.69, 9.17) is 4.74 Å². The zero-order chi connectivity index (χ0) is 20.0. The minimum Gasteiger partial charge on any atom is -0.504 e. The molecule has 0 aliphatic carbocycles. The summed E-state index contributed by atoms with van der Waals surface area (Å²) in [6.45, 7) is -0.173. The molecule has 8 heteroatoms. The molecule has 0 saturated carbocycles. The van der Waals surface area contributed by atoms with E-state index in [1.807, 2.05) is 0 Å². The Morgan fingerprint density at radius 2 is 1.96 bits per heavy atom. The Bertz CT molecular complexity index is 793. The molecular weight excluding hydrogens is 363 g/mol. The van der Waals surface area contributed by atoms with Crippen molar-refractivity contribution in [3.8, 4) is 11.5 Å². The van der Waals surface area contributed by atoms with E-state index >= 15 is 0 Å². The molecule has 0 aliphatic heterocycles. The molecule has 0 heterocycles. The number of phenolic OH excluding ortho intramolecular Hbond substituents is 1. The fraction of sp³-hybridized carbons (Fsp3) is 0.316. The summed E-state index contributed by atoms with van der Waals surface area (Å²) >= 11 is 0. The molecule has 1 amide bonds. The summed E-state index contributed by atoms with van der Waals surface area (Å²) in [5.41, 5.74) is -0.285. The molecule has 0 bridgehead atoms. The van der Waals surface area contributed by atoms with Gasteiger partial charge < -0.3 is 20.3 Å². The molecule has 27 heavy (non-hydrogen) atoms. The zero-order valence-electron chi connectivity index (χ0n) is 14.6. The maximum atomic E-state index is 12.7. The molecular formula is C19H20F3NO4. The van der Waals surface area contributed by atoms with Crippen molar-refractivity contribution < 1.29 is 32.9 Å². The minimum absolute atomic E-state index is 0.0420. The summed E-state index contributed by atoms with van der Waals surface area (Å²) in [4.78, 5) is 12.1. The van der Waals surface area contributed by atoms with Gasteiger partial charge in [0.2, 0.25) is 0 Å². The van der Waals surface area contributed by atoms with Gasteiger partial charge >= 0.3 is 6.18 Å². The fourth-order valence-electron chi connectivity index (χ4n) is 2.57. The van der Waals surface area contributed by atoms with Crippen molar-refractivity contribution in [3.05, 3.63) is 59.2 Å². The maximum Gasteiger partial charge on any atom is 0.416 e. The van der Waals surface area contributed by atoms with Crippen LogP contribution in [0.1, 0.15) is 21.5 Å². The number of halogens is 3. The number of carbonyl (C=O) groups is 1. The van der Waals surface area contributed by atoms with Gasteiger partial charge in [0.25, 0.3) is 5.91 Å². The van der Waals surface area contributed by atoms with E-state index < -0.39 is 17.6 Å². The Kier molecular flexibility index (Phi) is 6.68. The third kappa shape index (κ3) is 5.62. The number of methoxy groups -OCH3 is 1. The number of rotatable bonds is 7. The molecule has 0 spiro atoms. The van der Waals surface area contributed by atoms with Crippen LogP contribution >= 0.6 is 0 Å². The second-order valence-electron chi connectivity index (χ2n) is 6.05. The number of alkyl halides is 3. The number of hydrogen-bond acceptors (Lipinski definition) is 4. The average Bonchev–Trinajstić information content (AvgIpc) is 2.64. The Morgan fingerprint density at radius 3 is 2.56 bits per heavy atom. The van der Waals surface area contributed by atoms with Gasteiger partial charge in [0.1, 0.15) is 0 Å². The van der Waals surface area contributed by atoms with Crippen LogP contribution in [0.2, 0.25) is 0 Å². The first-order valence-corrected chi connectivity index (χ1v) is 8.16. The summed E-state index contributed by atoms with van der Waals surface area (Å²) in [5.74, 6) is -0.749. The molecule has 3 N–H and O–H groups in total. The molecule has 146 valence electrons. The second-order valence-corrected chi connectivity index (χ2v) is 6.05. The van der Waals surface area contributed by atoms with Crippen molar-refractivity contribution in [2.75, 3.05) is 20.3 Å². The quantitative estimate of drug-likeness (QED) is 0.687. The Balaban J connectivity index is 1.99. The first kappa shape index (κ1) is 20.6. The van der Waals surface area contributed by atoms with Crippen LogP contribution in [-0.2, 0) is 12.6 Å². The molecule has 2 aromatic carbocycles. The summed E-state index contributed by atoms with van der Waals surface area (Å²) in [6.07, 6.45) is -4.17. The zero-order valence-corrected chi connectivity index (χ0v) is 14.6. The second kappa shape index (κ2) is 8.77. The summed E-state index contributed by atoms with van der Waals surface area (Å²) < 4.78 is 43.2. The van der Waals surface area contributed by atoms with Gasteiger partial charge in [-0.1, -0.05) is 12.1 Å². The van der Waals surface area contributed by atoms with Gasteiger partial charge in [-0.05, 0) is 42.3 Å². The molecule has 0 aliphatic rings. The number of amides is 1. The fourth-order valence-corrected chi connectivity index (χ4v) is 2.57. The van der Waals surface area contributed by atoms with E-state index in [2.05, 4.69) is 5.32 Å². The Labute approximate surface area is 154 Å². The van der Waals surface area contributed by atoms with E-state index in [1.165, 1.54) is 25.3 Å². The number of phenols is 1. The number of benzene rings is 2. The van der Waals surface area contributed by atoms with Crippen molar-refractivity contribution >= 4 is 5.91 Å².